The molecule has 9 heteroatoms. The summed E-state index contributed by atoms with van der Waals surface area (Å²) >= 11 is 0. The first kappa shape index (κ1) is 15.4. The largest absolute Gasteiger partial charge is 0.409 e. The van der Waals surface area contributed by atoms with Gasteiger partial charge in [0, 0.05) is 32.3 Å². The van der Waals surface area contributed by atoms with Gasteiger partial charge in [-0.05, 0) is 6.92 Å². The lowest BCUT2D eigenvalue weighted by Crippen LogP contribution is -2.34. The highest BCUT2D eigenvalue weighted by molar-refractivity contribution is 7.89. The molecule has 19 heavy (non-hydrogen) atoms. The van der Waals surface area contributed by atoms with Crippen LogP contribution >= 0.6 is 0 Å². The van der Waals surface area contributed by atoms with Crippen LogP contribution in [0.1, 0.15) is 20.3 Å². The maximum atomic E-state index is 12.3. The molecule has 0 radical (unpaired) electrons. The molecule has 0 saturated carbocycles. The second-order valence-corrected chi connectivity index (χ2v) is 5.77. The van der Waals surface area contributed by atoms with Crippen molar-refractivity contribution < 1.29 is 13.6 Å². The maximum absolute atomic E-state index is 12.3. The molecule has 3 N–H and O–H groups in total. The zero-order valence-corrected chi connectivity index (χ0v) is 11.8. The quantitative estimate of drug-likeness (QED) is 0.318. The van der Waals surface area contributed by atoms with E-state index in [-0.39, 0.29) is 23.8 Å². The van der Waals surface area contributed by atoms with E-state index in [0.29, 0.717) is 13.1 Å². The number of oxime groups is 1. The van der Waals surface area contributed by atoms with Gasteiger partial charge in [0.1, 0.15) is 5.84 Å². The van der Waals surface area contributed by atoms with Crippen LogP contribution in [0.25, 0.3) is 0 Å². The summed E-state index contributed by atoms with van der Waals surface area (Å²) in [4.78, 5) is 3.90. The Hall–Kier alpha value is -1.61. The smallest absolute Gasteiger partial charge is 0.262 e. The molecule has 0 aromatic carbocycles. The minimum Gasteiger partial charge on any atom is -0.409 e. The summed E-state index contributed by atoms with van der Waals surface area (Å²) in [6, 6.07) is 0. The maximum Gasteiger partial charge on any atom is 0.262 e. The number of nitrogens with zero attached hydrogens (tertiary/aromatic N) is 4. The lowest BCUT2D eigenvalue weighted by Gasteiger charge is -2.18. The highest BCUT2D eigenvalue weighted by atomic mass is 32.2. The number of sulfonamides is 1. The molecule has 0 unspecified atom stereocenters. The van der Waals surface area contributed by atoms with Crippen molar-refractivity contribution in [1.82, 2.24) is 13.9 Å². The molecule has 0 aliphatic rings. The van der Waals surface area contributed by atoms with Crippen LogP contribution < -0.4 is 5.73 Å². The predicted molar refractivity (Wildman–Crippen MR) is 70.4 cm³/mol. The molecule has 0 amide bonds. The molecule has 0 saturated heterocycles. The van der Waals surface area contributed by atoms with E-state index in [1.807, 2.05) is 6.92 Å². The predicted octanol–water partition coefficient (Wildman–Crippen LogP) is 0.0501. The Bertz CT molecular complexity index is 537. The number of hydrogen-bond donors (Lipinski definition) is 2. The summed E-state index contributed by atoms with van der Waals surface area (Å²) in [6.07, 6.45) is 3.13. The van der Waals surface area contributed by atoms with E-state index in [1.165, 1.54) is 16.8 Å². The lowest BCUT2D eigenvalue weighted by molar-refractivity contribution is 0.315. The van der Waals surface area contributed by atoms with Gasteiger partial charge in [-0.1, -0.05) is 12.1 Å². The van der Waals surface area contributed by atoms with E-state index in [9.17, 15) is 8.42 Å². The first-order chi connectivity index (χ1) is 8.95. The Balaban J connectivity index is 2.89. The standard InChI is InChI=1S/C10H19N5O3S/c1-3-14-7-10(12-8-14)19(17,18)15(4-2)6-5-9(11)13-16/h7-8,16H,3-6H2,1-2H3,(H2,11,13). The fraction of sp³-hybridized carbons (Fsp3) is 0.600. The van der Waals surface area contributed by atoms with E-state index >= 15 is 0 Å². The average molecular weight is 289 g/mol. The highest BCUT2D eigenvalue weighted by Crippen LogP contribution is 2.13. The Morgan fingerprint density at radius 2 is 2.26 bits per heavy atom. The third-order valence-electron chi connectivity index (χ3n) is 2.68. The van der Waals surface area contributed by atoms with Crippen molar-refractivity contribution in [2.45, 2.75) is 31.8 Å². The number of nitrogens with two attached hydrogens (primary N) is 1. The van der Waals surface area contributed by atoms with Gasteiger partial charge in [-0.15, -0.1) is 0 Å². The van der Waals surface area contributed by atoms with E-state index < -0.39 is 10.0 Å². The van der Waals surface area contributed by atoms with Crippen molar-refractivity contribution in [2.24, 2.45) is 10.9 Å². The summed E-state index contributed by atoms with van der Waals surface area (Å²) < 4.78 is 27.5. The molecule has 0 bridgehead atoms. The van der Waals surface area contributed by atoms with E-state index in [1.54, 1.807) is 11.5 Å². The van der Waals surface area contributed by atoms with Crippen molar-refractivity contribution in [1.29, 1.82) is 0 Å². The molecule has 1 heterocycles. The Morgan fingerprint density at radius 1 is 1.58 bits per heavy atom. The molecule has 1 rings (SSSR count). The number of imidazole rings is 1. The van der Waals surface area contributed by atoms with Gasteiger partial charge in [0.15, 0.2) is 5.03 Å². The molecule has 1 aromatic rings. The first-order valence-electron chi connectivity index (χ1n) is 5.94. The van der Waals surface area contributed by atoms with E-state index in [0.717, 1.165) is 0 Å². The van der Waals surface area contributed by atoms with Crippen molar-refractivity contribution in [3.05, 3.63) is 12.5 Å². The molecule has 0 fully saturated rings. The zero-order valence-electron chi connectivity index (χ0n) is 11.0. The highest BCUT2D eigenvalue weighted by Gasteiger charge is 2.25. The van der Waals surface area contributed by atoms with Gasteiger partial charge in [-0.3, -0.25) is 0 Å². The van der Waals surface area contributed by atoms with Crippen molar-refractivity contribution in [3.63, 3.8) is 0 Å². The van der Waals surface area contributed by atoms with Gasteiger partial charge in [0.05, 0.1) is 6.33 Å². The number of hydrogen-bond acceptors (Lipinski definition) is 5. The fourth-order valence-corrected chi connectivity index (χ4v) is 2.90. The molecular formula is C10H19N5O3S. The second-order valence-electron chi connectivity index (χ2n) is 3.88. The van der Waals surface area contributed by atoms with Crippen LogP contribution in [0.3, 0.4) is 0 Å². The Labute approximate surface area is 112 Å². The number of rotatable bonds is 7. The van der Waals surface area contributed by atoms with Crippen molar-refractivity contribution in [2.75, 3.05) is 13.1 Å². The molecule has 0 atom stereocenters. The van der Waals surface area contributed by atoms with Crippen LogP contribution in [-0.4, -0.2) is 46.4 Å². The third kappa shape index (κ3) is 3.67. The zero-order chi connectivity index (χ0) is 14.5. The van der Waals surface area contributed by atoms with Crippen molar-refractivity contribution in [3.8, 4) is 0 Å². The molecule has 108 valence electrons. The average Bonchev–Trinajstić information content (AvgIpc) is 2.88. The van der Waals surface area contributed by atoms with Gasteiger partial charge < -0.3 is 15.5 Å². The number of amidine groups is 1. The molecule has 8 nitrogen and oxygen atoms in total. The number of aromatic nitrogens is 2. The molecule has 0 spiro atoms. The lowest BCUT2D eigenvalue weighted by atomic mass is 10.4. The minimum absolute atomic E-state index is 0.00672. The van der Waals surface area contributed by atoms with E-state index in [2.05, 4.69) is 10.1 Å². The molecule has 1 aromatic heterocycles. The fourth-order valence-electron chi connectivity index (χ4n) is 1.52. The van der Waals surface area contributed by atoms with Gasteiger partial charge in [0.25, 0.3) is 10.0 Å². The van der Waals surface area contributed by atoms with Crippen LogP contribution in [0.15, 0.2) is 22.7 Å². The van der Waals surface area contributed by atoms with Crippen LogP contribution in [0.2, 0.25) is 0 Å². The monoisotopic (exact) mass is 289 g/mol. The third-order valence-corrected chi connectivity index (χ3v) is 4.54. The molecular weight excluding hydrogens is 270 g/mol. The van der Waals surface area contributed by atoms with Gasteiger partial charge in [0.2, 0.25) is 0 Å². The number of aryl methyl sites for hydroxylation is 1. The second kappa shape index (κ2) is 6.53. The van der Waals surface area contributed by atoms with Gasteiger partial charge in [-0.25, -0.2) is 13.4 Å². The van der Waals surface area contributed by atoms with Crippen LogP contribution in [0.4, 0.5) is 0 Å². The normalized spacial score (nSPS) is 13.1. The van der Waals surface area contributed by atoms with Gasteiger partial charge in [-0.2, -0.15) is 4.31 Å². The van der Waals surface area contributed by atoms with Crippen molar-refractivity contribution >= 4 is 15.9 Å². The first-order valence-corrected chi connectivity index (χ1v) is 7.38. The van der Waals surface area contributed by atoms with Crippen LogP contribution in [0.5, 0.6) is 0 Å². The summed E-state index contributed by atoms with van der Waals surface area (Å²) in [5.41, 5.74) is 5.34. The Kier molecular flexibility index (Phi) is 5.31. The topological polar surface area (TPSA) is 114 Å². The summed E-state index contributed by atoms with van der Waals surface area (Å²) in [5, 5.41) is 11.3. The minimum atomic E-state index is -3.64. The Morgan fingerprint density at radius 3 is 2.74 bits per heavy atom. The molecule has 0 aliphatic carbocycles. The summed E-state index contributed by atoms with van der Waals surface area (Å²) in [5.74, 6) is -0.00672. The van der Waals surface area contributed by atoms with Crippen LogP contribution in [-0.2, 0) is 16.6 Å². The summed E-state index contributed by atoms with van der Waals surface area (Å²) in [7, 11) is -3.64. The SMILES string of the molecule is CCN(CCC(N)=NO)S(=O)(=O)c1cn(CC)cn1. The van der Waals surface area contributed by atoms with Crippen LogP contribution in [0, 0.1) is 0 Å². The summed E-state index contributed by atoms with van der Waals surface area (Å²) in [6.45, 7) is 4.71. The molecule has 0 aliphatic heterocycles. The van der Waals surface area contributed by atoms with E-state index in [4.69, 9.17) is 10.9 Å². The van der Waals surface area contributed by atoms with Gasteiger partial charge >= 0.3 is 0 Å².